The van der Waals surface area contributed by atoms with E-state index in [1.165, 1.54) is 6.07 Å². The quantitative estimate of drug-likeness (QED) is 0.555. The molecule has 0 saturated heterocycles. The van der Waals surface area contributed by atoms with Gasteiger partial charge in [0, 0.05) is 18.3 Å². The number of halogens is 4. The lowest BCUT2D eigenvalue weighted by molar-refractivity contribution is -0.137. The first-order valence-corrected chi connectivity index (χ1v) is 8.78. The number of anilines is 1. The van der Waals surface area contributed by atoms with Gasteiger partial charge in [-0.3, -0.25) is 0 Å². The van der Waals surface area contributed by atoms with Gasteiger partial charge in [-0.1, -0.05) is 11.6 Å². The second-order valence-electron chi connectivity index (χ2n) is 6.48. The Balaban J connectivity index is 1.85. The molecule has 1 heterocycles. The summed E-state index contributed by atoms with van der Waals surface area (Å²) in [6.45, 7) is 1.76. The van der Waals surface area contributed by atoms with Crippen molar-refractivity contribution in [3.63, 3.8) is 0 Å². The third-order valence-electron chi connectivity index (χ3n) is 4.02. The second-order valence-corrected chi connectivity index (χ2v) is 6.88. The number of benzene rings is 2. The van der Waals surface area contributed by atoms with Crippen LogP contribution in [0.1, 0.15) is 12.0 Å². The molecule has 0 saturated carbocycles. The molecule has 3 rings (SSSR count). The van der Waals surface area contributed by atoms with Crippen molar-refractivity contribution in [2.75, 3.05) is 32.5 Å². The molecule has 2 aromatic carbocycles. The Kier molecular flexibility index (Phi) is 5.62. The first kappa shape index (κ1) is 19.5. The smallest absolute Gasteiger partial charge is 0.416 e. The van der Waals surface area contributed by atoms with Crippen molar-refractivity contribution in [2.45, 2.75) is 12.6 Å². The summed E-state index contributed by atoms with van der Waals surface area (Å²) in [5.41, 5.74) is 1.21. The zero-order valence-corrected chi connectivity index (χ0v) is 15.7. The molecule has 27 heavy (non-hydrogen) atoms. The molecule has 0 bridgehead atoms. The van der Waals surface area contributed by atoms with Gasteiger partial charge in [-0.25, -0.2) is 4.98 Å². The van der Waals surface area contributed by atoms with Gasteiger partial charge < -0.3 is 14.6 Å². The van der Waals surface area contributed by atoms with Gasteiger partial charge in [-0.15, -0.1) is 0 Å². The van der Waals surface area contributed by atoms with Gasteiger partial charge in [0.25, 0.3) is 0 Å². The fourth-order valence-corrected chi connectivity index (χ4v) is 2.84. The van der Waals surface area contributed by atoms with Gasteiger partial charge in [0.2, 0.25) is 5.89 Å². The average molecular weight is 398 g/mol. The largest absolute Gasteiger partial charge is 0.436 e. The molecule has 0 unspecified atom stereocenters. The van der Waals surface area contributed by atoms with Crippen LogP contribution in [0, 0.1) is 0 Å². The molecule has 3 aromatic rings. The Morgan fingerprint density at radius 2 is 1.93 bits per heavy atom. The van der Waals surface area contributed by atoms with Crippen molar-refractivity contribution in [1.82, 2.24) is 9.88 Å². The number of hydrogen-bond acceptors (Lipinski definition) is 4. The maximum absolute atomic E-state index is 13.0. The van der Waals surface area contributed by atoms with E-state index < -0.39 is 11.7 Å². The fraction of sp³-hybridized carbons (Fsp3) is 0.316. The maximum atomic E-state index is 13.0. The third kappa shape index (κ3) is 4.73. The summed E-state index contributed by atoms with van der Waals surface area (Å²) in [6.07, 6.45) is -3.48. The summed E-state index contributed by atoms with van der Waals surface area (Å²) >= 11 is 6.07. The fourth-order valence-electron chi connectivity index (χ4n) is 2.64. The normalized spacial score (nSPS) is 12.1. The zero-order valence-electron chi connectivity index (χ0n) is 14.9. The van der Waals surface area contributed by atoms with Crippen molar-refractivity contribution in [1.29, 1.82) is 0 Å². The molecule has 0 aliphatic heterocycles. The molecule has 0 spiro atoms. The van der Waals surface area contributed by atoms with E-state index in [4.69, 9.17) is 16.0 Å². The van der Waals surface area contributed by atoms with Crippen molar-refractivity contribution in [3.8, 4) is 11.5 Å². The molecule has 0 aliphatic rings. The maximum Gasteiger partial charge on any atom is 0.416 e. The summed E-state index contributed by atoms with van der Waals surface area (Å²) in [5, 5.41) is 3.44. The minimum Gasteiger partial charge on any atom is -0.436 e. The predicted molar refractivity (Wildman–Crippen MR) is 101 cm³/mol. The molecule has 144 valence electrons. The molecule has 0 radical (unpaired) electrons. The first-order chi connectivity index (χ1) is 12.7. The molecule has 4 nitrogen and oxygen atoms in total. The number of alkyl halides is 3. The van der Waals surface area contributed by atoms with E-state index in [1.807, 2.05) is 20.2 Å². The lowest BCUT2D eigenvalue weighted by atomic mass is 10.1. The number of nitrogens with one attached hydrogen (secondary N) is 1. The summed E-state index contributed by atoms with van der Waals surface area (Å²) < 4.78 is 44.6. The molecule has 0 amide bonds. The van der Waals surface area contributed by atoms with Gasteiger partial charge in [0.05, 0.1) is 16.1 Å². The van der Waals surface area contributed by atoms with Gasteiger partial charge in [0.1, 0.15) is 5.52 Å². The van der Waals surface area contributed by atoms with Crippen molar-refractivity contribution in [2.24, 2.45) is 0 Å². The number of fused-ring (bicyclic) bond motifs is 1. The highest BCUT2D eigenvalue weighted by atomic mass is 35.5. The topological polar surface area (TPSA) is 41.3 Å². The molecule has 1 N–H and O–H groups in total. The van der Waals surface area contributed by atoms with E-state index in [0.29, 0.717) is 11.1 Å². The van der Waals surface area contributed by atoms with Crippen LogP contribution in [0.5, 0.6) is 0 Å². The minimum atomic E-state index is -4.46. The van der Waals surface area contributed by atoms with Crippen LogP contribution in [-0.2, 0) is 6.18 Å². The number of rotatable bonds is 6. The van der Waals surface area contributed by atoms with Crippen LogP contribution in [-0.4, -0.2) is 37.1 Å². The molecule has 0 fully saturated rings. The Labute approximate surface area is 159 Å². The average Bonchev–Trinajstić information content (AvgIpc) is 3.01. The van der Waals surface area contributed by atoms with E-state index in [9.17, 15) is 13.2 Å². The Morgan fingerprint density at radius 1 is 1.15 bits per heavy atom. The van der Waals surface area contributed by atoms with E-state index in [2.05, 4.69) is 15.2 Å². The Bertz CT molecular complexity index is 938. The van der Waals surface area contributed by atoms with Gasteiger partial charge in [0.15, 0.2) is 5.58 Å². The minimum absolute atomic E-state index is 0.0610. The van der Waals surface area contributed by atoms with E-state index in [1.54, 1.807) is 12.1 Å². The number of nitrogens with zero attached hydrogens (tertiary/aromatic N) is 2. The van der Waals surface area contributed by atoms with Crippen LogP contribution in [0.2, 0.25) is 5.02 Å². The van der Waals surface area contributed by atoms with Gasteiger partial charge in [-0.05, 0) is 57.4 Å². The lowest BCUT2D eigenvalue weighted by Gasteiger charge is -2.10. The van der Waals surface area contributed by atoms with Crippen LogP contribution in [0.25, 0.3) is 22.6 Å². The molecular formula is C19H19ClF3N3O. The van der Waals surface area contributed by atoms with E-state index >= 15 is 0 Å². The highest BCUT2D eigenvalue weighted by Crippen LogP contribution is 2.36. The first-order valence-electron chi connectivity index (χ1n) is 8.40. The summed E-state index contributed by atoms with van der Waals surface area (Å²) in [5.74, 6) is 0.0610. The van der Waals surface area contributed by atoms with Crippen LogP contribution >= 0.6 is 11.6 Å². The van der Waals surface area contributed by atoms with E-state index in [0.717, 1.165) is 37.3 Å². The summed E-state index contributed by atoms with van der Waals surface area (Å²) in [6, 6.07) is 8.49. The summed E-state index contributed by atoms with van der Waals surface area (Å²) in [7, 11) is 4.03. The highest BCUT2D eigenvalue weighted by molar-refractivity contribution is 6.33. The Hall–Kier alpha value is -2.25. The standard InChI is InChI=1S/C19H19ClF3N3O/c1-26(2)9-3-8-24-13-5-7-16-17(11-13)27-18(25-16)14-10-12(19(21,22)23)4-6-15(14)20/h4-7,10-11,24H,3,8-9H2,1-2H3. The lowest BCUT2D eigenvalue weighted by Crippen LogP contribution is -2.16. The number of hydrogen-bond donors (Lipinski definition) is 1. The molecular weight excluding hydrogens is 379 g/mol. The Morgan fingerprint density at radius 3 is 2.63 bits per heavy atom. The van der Waals surface area contributed by atoms with Crippen molar-refractivity contribution >= 4 is 28.4 Å². The molecule has 1 aromatic heterocycles. The monoisotopic (exact) mass is 397 g/mol. The second kappa shape index (κ2) is 7.78. The molecule has 0 aliphatic carbocycles. The molecule has 0 atom stereocenters. The zero-order chi connectivity index (χ0) is 19.6. The number of aromatic nitrogens is 1. The third-order valence-corrected chi connectivity index (χ3v) is 4.35. The van der Waals surface area contributed by atoms with Crippen LogP contribution in [0.3, 0.4) is 0 Å². The number of oxazole rings is 1. The van der Waals surface area contributed by atoms with Crippen LogP contribution in [0.15, 0.2) is 40.8 Å². The SMILES string of the molecule is CN(C)CCCNc1ccc2nc(-c3cc(C(F)(F)F)ccc3Cl)oc2c1. The van der Waals surface area contributed by atoms with Crippen molar-refractivity contribution in [3.05, 3.63) is 47.0 Å². The summed E-state index contributed by atoms with van der Waals surface area (Å²) in [4.78, 5) is 6.38. The van der Waals surface area contributed by atoms with Gasteiger partial charge >= 0.3 is 6.18 Å². The van der Waals surface area contributed by atoms with E-state index in [-0.39, 0.29) is 16.5 Å². The van der Waals surface area contributed by atoms with Crippen molar-refractivity contribution < 1.29 is 17.6 Å². The highest BCUT2D eigenvalue weighted by Gasteiger charge is 2.31. The predicted octanol–water partition coefficient (Wildman–Crippen LogP) is 5.53. The molecule has 8 heteroatoms. The van der Waals surface area contributed by atoms with Crippen LogP contribution in [0.4, 0.5) is 18.9 Å². The van der Waals surface area contributed by atoms with Crippen LogP contribution < -0.4 is 5.32 Å². The van der Waals surface area contributed by atoms with Gasteiger partial charge in [-0.2, -0.15) is 13.2 Å².